The Morgan fingerprint density at radius 1 is 0.385 bits per heavy atom. The first-order valence-corrected chi connectivity index (χ1v) is 27.0. The number of fused-ring (bicyclic) bond motifs is 7. The van der Waals surface area contributed by atoms with Crippen LogP contribution in [0.2, 0.25) is 0 Å². The smallest absolute Gasteiger partial charge is 0.123 e. The maximum atomic E-state index is 14.1. The molecule has 0 unspecified atom stereocenters. The van der Waals surface area contributed by atoms with Crippen LogP contribution in [0.4, 0.5) is 42.9 Å². The normalized spacial score (nSPS) is 16.1. The number of hydrogen-bond acceptors (Lipinski definition) is 2. The molecule has 0 atom stereocenters. The maximum absolute atomic E-state index is 14.1. The zero-order valence-electron chi connectivity index (χ0n) is 45.4. The summed E-state index contributed by atoms with van der Waals surface area (Å²) in [5.74, 6) is -0.507. The zero-order chi connectivity index (χ0) is 54.1. The number of nitrogens with zero attached hydrogens (tertiary/aromatic N) is 2. The summed E-state index contributed by atoms with van der Waals surface area (Å²) in [4.78, 5) is 4.39. The van der Waals surface area contributed by atoms with Crippen molar-refractivity contribution in [1.29, 1.82) is 0 Å². The van der Waals surface area contributed by atoms with Gasteiger partial charge in [-0.2, -0.15) is 0 Å². The van der Waals surface area contributed by atoms with Gasteiger partial charge in [0.25, 0.3) is 0 Å². The van der Waals surface area contributed by atoms with Crippen molar-refractivity contribution in [1.82, 2.24) is 0 Å². The lowest BCUT2D eigenvalue weighted by atomic mass is 9.80. The van der Waals surface area contributed by atoms with Gasteiger partial charge in [0.05, 0.1) is 0 Å². The Bertz CT molecular complexity index is 3960. The number of benzene rings is 9. The third-order valence-corrected chi connectivity index (χ3v) is 16.6. The highest BCUT2D eigenvalue weighted by Crippen LogP contribution is 2.54. The van der Waals surface area contributed by atoms with Crippen LogP contribution in [0.3, 0.4) is 0 Å². The molecule has 0 spiro atoms. The molecular formula is C74H62F2N2. The summed E-state index contributed by atoms with van der Waals surface area (Å²) >= 11 is 0. The molecule has 0 aromatic heterocycles. The molecule has 0 saturated heterocycles. The molecule has 0 heterocycles. The Labute approximate surface area is 459 Å². The molecule has 0 N–H and O–H groups in total. The molecule has 0 bridgehead atoms. The van der Waals surface area contributed by atoms with E-state index in [9.17, 15) is 8.78 Å². The fourth-order valence-corrected chi connectivity index (χ4v) is 12.4. The van der Waals surface area contributed by atoms with Gasteiger partial charge in [0.15, 0.2) is 0 Å². The molecule has 0 radical (unpaired) electrons. The van der Waals surface area contributed by atoms with E-state index >= 15 is 0 Å². The largest absolute Gasteiger partial charge is 0.310 e. The van der Waals surface area contributed by atoms with E-state index in [1.807, 2.05) is 60.7 Å². The fraction of sp³-hybridized carbons (Fsp3) is 0.135. The van der Waals surface area contributed by atoms with Gasteiger partial charge < -0.3 is 9.80 Å². The van der Waals surface area contributed by atoms with E-state index in [1.54, 1.807) is 0 Å². The summed E-state index contributed by atoms with van der Waals surface area (Å²) < 4.78 is 28.2. The lowest BCUT2D eigenvalue weighted by Gasteiger charge is -2.28. The van der Waals surface area contributed by atoms with E-state index in [4.69, 9.17) is 0 Å². The van der Waals surface area contributed by atoms with E-state index in [1.165, 1.54) is 91.0 Å². The van der Waals surface area contributed by atoms with Crippen LogP contribution in [0.1, 0.15) is 98.5 Å². The molecule has 9 aromatic rings. The summed E-state index contributed by atoms with van der Waals surface area (Å²) in [6.07, 6.45) is 13.3. The molecule has 4 heteroatoms. The molecule has 2 nitrogen and oxygen atoms in total. The van der Waals surface area contributed by atoms with Gasteiger partial charge in [0.2, 0.25) is 0 Å². The summed E-state index contributed by atoms with van der Waals surface area (Å²) in [7, 11) is 0. The molecule has 3 aliphatic carbocycles. The highest BCUT2D eigenvalue weighted by atomic mass is 19.1. The van der Waals surface area contributed by atoms with Crippen molar-refractivity contribution >= 4 is 57.9 Å². The predicted octanol–water partition coefficient (Wildman–Crippen LogP) is 20.6. The average molecular weight is 1020 g/mol. The molecule has 382 valence electrons. The predicted molar refractivity (Wildman–Crippen MR) is 326 cm³/mol. The molecular weight excluding hydrogens is 955 g/mol. The first-order chi connectivity index (χ1) is 37.6. The van der Waals surface area contributed by atoms with Crippen molar-refractivity contribution in [3.8, 4) is 22.3 Å². The quantitative estimate of drug-likeness (QED) is 0.0941. The summed E-state index contributed by atoms with van der Waals surface area (Å²) in [5, 5.41) is 0. The Morgan fingerprint density at radius 2 is 0.731 bits per heavy atom. The van der Waals surface area contributed by atoms with Gasteiger partial charge in [-0.1, -0.05) is 188 Å². The van der Waals surface area contributed by atoms with Gasteiger partial charge in [-0.15, -0.1) is 0 Å². The highest BCUT2D eigenvalue weighted by Gasteiger charge is 2.39. The van der Waals surface area contributed by atoms with Crippen LogP contribution in [0.15, 0.2) is 236 Å². The number of hydrogen-bond donors (Lipinski definition) is 0. The Morgan fingerprint density at radius 3 is 1.15 bits per heavy atom. The summed E-state index contributed by atoms with van der Waals surface area (Å²) in [6.45, 7) is 20.6. The number of halogens is 2. The third kappa shape index (κ3) is 8.66. The lowest BCUT2D eigenvalue weighted by Crippen LogP contribution is -2.16. The molecule has 78 heavy (non-hydrogen) atoms. The molecule has 0 amide bonds. The Balaban J connectivity index is 0.767. The second-order valence-electron chi connectivity index (χ2n) is 22.5. The standard InChI is InChI=1S/C74H62F2N2/c1-9-60-61-37-24-50(22-23-51-26-39-63-65-41-36-59(47-71(65)74(7,8)69(63)45-51)78(55-18-14-11-15-19-55)57-33-29-53(76)30-34-57)44-67(61)72(3,4)66(60)42-48(2)20-21-49-25-38-62-64-40-35-58(46-70(64)73(5,6)68(62)43-49)77(54-16-12-10-13-17-54)56-31-27-52(75)28-32-56/h9-47H,2H2,1,3-8H3/b21-20+,23-22+,60-9-,66-42?. The molecule has 3 aliphatic rings. The van der Waals surface area contributed by atoms with Crippen molar-refractivity contribution in [3.05, 3.63) is 298 Å². The van der Waals surface area contributed by atoms with Crippen molar-refractivity contribution in [3.63, 3.8) is 0 Å². The highest BCUT2D eigenvalue weighted by molar-refractivity contribution is 5.92. The first-order valence-electron chi connectivity index (χ1n) is 27.0. The minimum atomic E-state index is -0.254. The van der Waals surface area contributed by atoms with Gasteiger partial charge in [-0.05, 0) is 193 Å². The topological polar surface area (TPSA) is 6.48 Å². The van der Waals surface area contributed by atoms with Gasteiger partial charge in [-0.3, -0.25) is 0 Å². The number of rotatable bonds is 11. The minimum Gasteiger partial charge on any atom is -0.310 e. The van der Waals surface area contributed by atoms with Crippen LogP contribution in [-0.4, -0.2) is 0 Å². The van der Waals surface area contributed by atoms with E-state index in [0.29, 0.717) is 0 Å². The van der Waals surface area contributed by atoms with Crippen molar-refractivity contribution in [2.75, 3.05) is 9.80 Å². The van der Waals surface area contributed by atoms with Crippen molar-refractivity contribution in [2.24, 2.45) is 0 Å². The second-order valence-corrected chi connectivity index (χ2v) is 22.5. The van der Waals surface area contributed by atoms with Crippen molar-refractivity contribution in [2.45, 2.75) is 64.7 Å². The van der Waals surface area contributed by atoms with E-state index in [0.717, 1.165) is 56.4 Å². The Kier molecular flexibility index (Phi) is 12.4. The summed E-state index contributed by atoms with van der Waals surface area (Å²) in [5.41, 5.74) is 24.7. The third-order valence-electron chi connectivity index (χ3n) is 16.6. The minimum absolute atomic E-state index is 0.241. The van der Waals surface area contributed by atoms with Gasteiger partial charge in [0, 0.05) is 50.4 Å². The second kappa shape index (κ2) is 19.3. The van der Waals surface area contributed by atoms with Gasteiger partial charge in [-0.25, -0.2) is 8.78 Å². The number of anilines is 6. The summed E-state index contributed by atoms with van der Waals surface area (Å²) in [6, 6.07) is 68.0. The van der Waals surface area contributed by atoms with Crippen LogP contribution < -0.4 is 9.80 Å². The van der Waals surface area contributed by atoms with Crippen LogP contribution >= 0.6 is 0 Å². The van der Waals surface area contributed by atoms with E-state index in [2.05, 4.69) is 217 Å². The molecule has 0 aliphatic heterocycles. The van der Waals surface area contributed by atoms with Crippen LogP contribution in [0.25, 0.3) is 46.1 Å². The molecule has 0 fully saturated rings. The van der Waals surface area contributed by atoms with Crippen molar-refractivity contribution < 1.29 is 8.78 Å². The Hall–Kier alpha value is -8.86. The van der Waals surface area contributed by atoms with E-state index < -0.39 is 0 Å². The van der Waals surface area contributed by atoms with Crippen LogP contribution in [-0.2, 0) is 16.2 Å². The SMILES string of the molecule is C=C(C=C1/C(=C\C)c2ccc(/C=C/c3ccc4c(c3)C(C)(C)c3cc(N(c5ccccc5)c5ccc(F)cc5)ccc3-4)cc2C1(C)C)/C=C/c1ccc2c(c1)C(C)(C)c1cc(N(c3ccccc3)c3ccc(F)cc3)ccc1-2. The zero-order valence-corrected chi connectivity index (χ0v) is 45.4. The monoisotopic (exact) mass is 1020 g/mol. The average Bonchev–Trinajstić information content (AvgIpc) is 4.15. The lowest BCUT2D eigenvalue weighted by molar-refractivity contribution is 0.627. The molecule has 9 aromatic carbocycles. The van der Waals surface area contributed by atoms with Gasteiger partial charge in [0.1, 0.15) is 11.6 Å². The number of para-hydroxylation sites is 2. The first kappa shape index (κ1) is 50.0. The molecule has 0 saturated carbocycles. The molecule has 12 rings (SSSR count). The number of allylic oxidation sites excluding steroid dienone is 6. The van der Waals surface area contributed by atoms with Gasteiger partial charge >= 0.3 is 0 Å². The maximum Gasteiger partial charge on any atom is 0.123 e. The van der Waals surface area contributed by atoms with Crippen LogP contribution in [0, 0.1) is 11.6 Å². The van der Waals surface area contributed by atoms with Crippen LogP contribution in [0.5, 0.6) is 0 Å². The van der Waals surface area contributed by atoms with E-state index in [-0.39, 0.29) is 27.9 Å². The fourth-order valence-electron chi connectivity index (χ4n) is 12.4.